The monoisotopic (exact) mass is 164 g/mol. The summed E-state index contributed by atoms with van der Waals surface area (Å²) < 4.78 is 11.2. The molecular formula is C8H9BOS. The Bertz CT molecular complexity index is 255. The quantitative estimate of drug-likeness (QED) is 0.585. The summed E-state index contributed by atoms with van der Waals surface area (Å²) in [6.07, 6.45) is 0. The number of benzene rings is 1. The molecule has 3 heteroatoms. The van der Waals surface area contributed by atoms with E-state index in [1.165, 1.54) is 0 Å². The molecule has 1 aromatic rings. The van der Waals surface area contributed by atoms with E-state index in [-0.39, 0.29) is 0 Å². The maximum absolute atomic E-state index is 11.2. The van der Waals surface area contributed by atoms with Gasteiger partial charge in [-0.25, -0.2) is 0 Å². The van der Waals surface area contributed by atoms with Gasteiger partial charge in [0, 0.05) is 10.6 Å². The lowest BCUT2D eigenvalue weighted by Gasteiger charge is -1.98. The van der Waals surface area contributed by atoms with E-state index < -0.39 is 10.8 Å². The highest BCUT2D eigenvalue weighted by Crippen LogP contribution is 2.02. The smallest absolute Gasteiger partial charge is 0.113 e. The first kappa shape index (κ1) is 8.53. The van der Waals surface area contributed by atoms with Gasteiger partial charge in [-0.15, -0.1) is 0 Å². The molecule has 2 radical (unpaired) electrons. The lowest BCUT2D eigenvalue weighted by molar-refractivity contribution is 0.684. The first-order valence-electron chi connectivity index (χ1n) is 3.48. The van der Waals surface area contributed by atoms with Gasteiger partial charge in [0.1, 0.15) is 7.85 Å². The minimum atomic E-state index is -0.854. The molecule has 1 rings (SSSR count). The van der Waals surface area contributed by atoms with Crippen molar-refractivity contribution in [2.45, 2.75) is 11.8 Å². The molecule has 0 aliphatic rings. The number of hydrogen-bond acceptors (Lipinski definition) is 1. The van der Waals surface area contributed by atoms with Crippen molar-refractivity contribution in [3.63, 3.8) is 0 Å². The van der Waals surface area contributed by atoms with Crippen LogP contribution in [0.25, 0.3) is 0 Å². The summed E-state index contributed by atoms with van der Waals surface area (Å²) in [6, 6.07) is 7.13. The molecule has 1 aromatic carbocycles. The van der Waals surface area contributed by atoms with Gasteiger partial charge in [0.15, 0.2) is 0 Å². The van der Waals surface area contributed by atoms with Crippen LogP contribution in [0.1, 0.15) is 6.92 Å². The molecule has 0 aromatic heterocycles. The molecule has 0 saturated heterocycles. The number of rotatable bonds is 2. The van der Waals surface area contributed by atoms with Gasteiger partial charge < -0.3 is 0 Å². The molecule has 0 spiro atoms. The largest absolute Gasteiger partial charge is 0.254 e. The average molecular weight is 164 g/mol. The van der Waals surface area contributed by atoms with E-state index in [0.29, 0.717) is 11.2 Å². The average Bonchev–Trinajstić information content (AvgIpc) is 2.05. The fraction of sp³-hybridized carbons (Fsp3) is 0.250. The molecule has 0 amide bonds. The van der Waals surface area contributed by atoms with E-state index in [1.54, 1.807) is 24.3 Å². The summed E-state index contributed by atoms with van der Waals surface area (Å²) in [5.74, 6) is 0.657. The Morgan fingerprint density at radius 1 is 1.36 bits per heavy atom. The zero-order valence-corrected chi connectivity index (χ0v) is 7.23. The van der Waals surface area contributed by atoms with Crippen molar-refractivity contribution >= 4 is 24.1 Å². The molecule has 0 fully saturated rings. The van der Waals surface area contributed by atoms with Gasteiger partial charge >= 0.3 is 0 Å². The molecule has 1 nitrogen and oxygen atoms in total. The van der Waals surface area contributed by atoms with Gasteiger partial charge in [0.2, 0.25) is 0 Å². The second-order valence-electron chi connectivity index (χ2n) is 2.20. The third kappa shape index (κ3) is 2.19. The van der Waals surface area contributed by atoms with Crippen molar-refractivity contribution in [2.24, 2.45) is 0 Å². The molecule has 0 heterocycles. The molecule has 11 heavy (non-hydrogen) atoms. The van der Waals surface area contributed by atoms with Gasteiger partial charge in [0.25, 0.3) is 0 Å². The second-order valence-corrected chi connectivity index (χ2v) is 3.94. The maximum atomic E-state index is 11.2. The van der Waals surface area contributed by atoms with E-state index in [4.69, 9.17) is 7.85 Å². The fourth-order valence-corrected chi connectivity index (χ4v) is 1.56. The highest BCUT2D eigenvalue weighted by atomic mass is 32.2. The third-order valence-electron chi connectivity index (χ3n) is 1.41. The van der Waals surface area contributed by atoms with Crippen LogP contribution in [0.5, 0.6) is 0 Å². The molecule has 0 aliphatic heterocycles. The Balaban J connectivity index is 2.90. The first-order chi connectivity index (χ1) is 5.24. The molecule has 56 valence electrons. The molecule has 0 aliphatic carbocycles. The van der Waals surface area contributed by atoms with Crippen molar-refractivity contribution in [1.29, 1.82) is 0 Å². The summed E-state index contributed by atoms with van der Waals surface area (Å²) in [4.78, 5) is 0.849. The molecule has 1 atom stereocenters. The van der Waals surface area contributed by atoms with E-state index in [9.17, 15) is 4.21 Å². The normalized spacial score (nSPS) is 12.8. The highest BCUT2D eigenvalue weighted by Gasteiger charge is 1.97. The van der Waals surface area contributed by atoms with Crippen LogP contribution in [0.15, 0.2) is 29.2 Å². The summed E-state index contributed by atoms with van der Waals surface area (Å²) in [7, 11) is 4.62. The Hall–Kier alpha value is -0.565. The van der Waals surface area contributed by atoms with Crippen molar-refractivity contribution in [2.75, 3.05) is 5.75 Å². The second kappa shape index (κ2) is 3.72. The van der Waals surface area contributed by atoms with Crippen molar-refractivity contribution < 1.29 is 4.21 Å². The van der Waals surface area contributed by atoms with Crippen molar-refractivity contribution in [3.8, 4) is 0 Å². The topological polar surface area (TPSA) is 17.1 Å². The molecular weight excluding hydrogens is 155 g/mol. The van der Waals surface area contributed by atoms with E-state index in [1.807, 2.05) is 6.92 Å². The summed E-state index contributed by atoms with van der Waals surface area (Å²) in [5.41, 5.74) is 0.710. The van der Waals surface area contributed by atoms with Crippen LogP contribution in [0, 0.1) is 0 Å². The lowest BCUT2D eigenvalue weighted by Crippen LogP contribution is -2.02. The molecule has 0 saturated carbocycles. The van der Waals surface area contributed by atoms with Crippen LogP contribution in [0.2, 0.25) is 0 Å². The van der Waals surface area contributed by atoms with Crippen molar-refractivity contribution in [3.05, 3.63) is 24.3 Å². The minimum absolute atomic E-state index is 0.657. The first-order valence-corrected chi connectivity index (χ1v) is 4.80. The number of hydrogen-bond donors (Lipinski definition) is 0. The summed E-state index contributed by atoms with van der Waals surface area (Å²) in [5, 5.41) is 0. The third-order valence-corrected chi connectivity index (χ3v) is 2.73. The molecule has 0 unspecified atom stereocenters. The fourth-order valence-electron chi connectivity index (χ4n) is 0.786. The van der Waals surface area contributed by atoms with Crippen LogP contribution in [-0.2, 0) is 10.8 Å². The van der Waals surface area contributed by atoms with Crippen LogP contribution in [0.3, 0.4) is 0 Å². The van der Waals surface area contributed by atoms with E-state index in [2.05, 4.69) is 0 Å². The Morgan fingerprint density at radius 2 is 1.91 bits per heavy atom. The maximum Gasteiger partial charge on any atom is 0.113 e. The summed E-state index contributed by atoms with van der Waals surface area (Å²) in [6.45, 7) is 1.90. The lowest BCUT2D eigenvalue weighted by atomic mass is 9.97. The van der Waals surface area contributed by atoms with E-state index >= 15 is 0 Å². The zero-order valence-electron chi connectivity index (χ0n) is 6.41. The van der Waals surface area contributed by atoms with Crippen LogP contribution in [0.4, 0.5) is 0 Å². The Kier molecular flexibility index (Phi) is 2.88. The molecule has 0 N–H and O–H groups in total. The minimum Gasteiger partial charge on any atom is -0.254 e. The molecule has 0 bridgehead atoms. The van der Waals surface area contributed by atoms with Crippen LogP contribution >= 0.6 is 0 Å². The Morgan fingerprint density at radius 3 is 2.36 bits per heavy atom. The van der Waals surface area contributed by atoms with Gasteiger partial charge in [-0.2, -0.15) is 0 Å². The Labute approximate surface area is 70.7 Å². The highest BCUT2D eigenvalue weighted by molar-refractivity contribution is 7.85. The van der Waals surface area contributed by atoms with Gasteiger partial charge in [-0.05, 0) is 12.1 Å². The predicted octanol–water partition coefficient (Wildman–Crippen LogP) is 0.608. The standard InChI is InChI=1S/C8H9BOS/c1-2-11(10)8-5-3-7(9)4-6-8/h3-6H,2H2,1H3/t11-/m1/s1. The predicted molar refractivity (Wildman–Crippen MR) is 48.8 cm³/mol. The van der Waals surface area contributed by atoms with Gasteiger partial charge in [0.05, 0.1) is 10.8 Å². The van der Waals surface area contributed by atoms with Crippen LogP contribution < -0.4 is 5.46 Å². The van der Waals surface area contributed by atoms with Gasteiger partial charge in [-0.3, -0.25) is 4.21 Å². The zero-order chi connectivity index (χ0) is 8.27. The summed E-state index contributed by atoms with van der Waals surface area (Å²) >= 11 is 0. The van der Waals surface area contributed by atoms with E-state index in [0.717, 1.165) is 4.90 Å². The SMILES string of the molecule is [B]c1ccc([S@](=O)CC)cc1. The van der Waals surface area contributed by atoms with Crippen LogP contribution in [-0.4, -0.2) is 17.8 Å². The van der Waals surface area contributed by atoms with Gasteiger partial charge in [-0.1, -0.05) is 24.5 Å². The van der Waals surface area contributed by atoms with Crippen molar-refractivity contribution in [1.82, 2.24) is 0 Å².